The van der Waals surface area contributed by atoms with Crippen LogP contribution in [0.1, 0.15) is 233 Å². The molecular weight excluding hydrogens is 865 g/mol. The van der Waals surface area contributed by atoms with E-state index in [0.717, 1.165) is 0 Å². The molecule has 0 saturated heterocycles. The molecule has 384 valence electrons. The van der Waals surface area contributed by atoms with E-state index in [9.17, 15) is 0 Å². The molecule has 0 fully saturated rings. The Bertz CT molecular complexity index is 3130. The zero-order chi connectivity index (χ0) is 54.3. The predicted molar refractivity (Wildman–Crippen MR) is 319 cm³/mol. The zero-order valence-electron chi connectivity index (χ0n) is 50.9. The minimum Gasteiger partial charge on any atom is -0.0616 e. The lowest BCUT2D eigenvalue weighted by atomic mass is 9.65. The molecule has 0 radical (unpaired) electrons. The Morgan fingerprint density at radius 2 is 0.361 bits per heavy atom. The largest absolute Gasteiger partial charge is 0.0616 e. The molecule has 6 aromatic rings. The van der Waals surface area contributed by atoms with Crippen LogP contribution in [0.25, 0.3) is 44.5 Å². The van der Waals surface area contributed by atoms with E-state index in [-0.39, 0.29) is 43.3 Å². The molecule has 1 aliphatic rings. The van der Waals surface area contributed by atoms with E-state index >= 15 is 0 Å². The topological polar surface area (TPSA) is 0 Å². The summed E-state index contributed by atoms with van der Waals surface area (Å²) in [4.78, 5) is 0. The van der Waals surface area contributed by atoms with Gasteiger partial charge in [-0.1, -0.05) is 239 Å². The summed E-state index contributed by atoms with van der Waals surface area (Å²) in [7, 11) is 0. The summed E-state index contributed by atoms with van der Waals surface area (Å²) >= 11 is 0. The first-order valence-corrected chi connectivity index (χ1v) is 27.5. The van der Waals surface area contributed by atoms with Gasteiger partial charge < -0.3 is 0 Å². The van der Waals surface area contributed by atoms with Gasteiger partial charge in [-0.2, -0.15) is 0 Å². The summed E-state index contributed by atoms with van der Waals surface area (Å²) in [5.74, 6) is 0. The third-order valence-corrected chi connectivity index (χ3v) is 16.3. The zero-order valence-corrected chi connectivity index (χ0v) is 50.9. The van der Waals surface area contributed by atoms with E-state index in [0.29, 0.717) is 0 Å². The van der Waals surface area contributed by atoms with Crippen LogP contribution in [0.3, 0.4) is 0 Å². The smallest absolute Gasteiger partial charge is 0.000719 e. The van der Waals surface area contributed by atoms with Crippen molar-refractivity contribution in [3.63, 3.8) is 0 Å². The summed E-state index contributed by atoms with van der Waals surface area (Å²) in [5.41, 5.74) is 26.9. The molecule has 0 saturated carbocycles. The molecule has 0 nitrogen and oxygen atoms in total. The number of fused-ring (bicyclic) bond motifs is 2. The van der Waals surface area contributed by atoms with Gasteiger partial charge in [0.2, 0.25) is 0 Å². The molecule has 72 heavy (non-hydrogen) atoms. The molecule has 0 aromatic heterocycles. The Balaban J connectivity index is 2.13. The molecule has 0 bridgehead atoms. The molecule has 0 aliphatic heterocycles. The summed E-state index contributed by atoms with van der Waals surface area (Å²) in [5, 5.41) is 5.53. The van der Waals surface area contributed by atoms with Crippen LogP contribution in [0.5, 0.6) is 0 Å². The molecule has 1 aliphatic carbocycles. The molecule has 0 N–H and O–H groups in total. The van der Waals surface area contributed by atoms with Gasteiger partial charge in [0, 0.05) is 0 Å². The van der Waals surface area contributed by atoms with Crippen LogP contribution in [0.15, 0.2) is 72.8 Å². The minimum absolute atomic E-state index is 0.0784. The summed E-state index contributed by atoms with van der Waals surface area (Å²) in [6, 6.07) is 29.4. The molecule has 0 heteroatoms. The lowest BCUT2D eigenvalue weighted by molar-refractivity contribution is 0.573. The highest BCUT2D eigenvalue weighted by atomic mass is 14.4. The van der Waals surface area contributed by atoms with Gasteiger partial charge in [0.05, 0.1) is 0 Å². The maximum Gasteiger partial charge on any atom is -0.000719 e. The molecule has 0 spiro atoms. The molecule has 0 atom stereocenters. The van der Waals surface area contributed by atoms with Crippen molar-refractivity contribution in [3.05, 3.63) is 160 Å². The van der Waals surface area contributed by atoms with Crippen LogP contribution in [0, 0.1) is 48.6 Å². The fourth-order valence-corrected chi connectivity index (χ4v) is 13.0. The van der Waals surface area contributed by atoms with Crippen LogP contribution >= 0.6 is 0 Å². The van der Waals surface area contributed by atoms with Gasteiger partial charge in [0.15, 0.2) is 0 Å². The monoisotopic (exact) mass is 961 g/mol. The molecule has 0 unspecified atom stereocenters. The van der Waals surface area contributed by atoms with Gasteiger partial charge in [-0.25, -0.2) is 0 Å². The first-order valence-electron chi connectivity index (χ1n) is 27.5. The Hall–Kier alpha value is -4.68. The Morgan fingerprint density at radius 1 is 0.194 bits per heavy atom. The predicted octanol–water partition coefficient (Wildman–Crippen LogP) is 20.9. The standard InChI is InChI=1S/C72H96/c1-41-47(65(5,6)7)33-37-51(69(17,18)19)55(41)61-59-45-31-29-30-32-46(45)60(59)62(56-42(2)48(66(8,9)10)34-38-52(56)70(20,21)22)64(58-44(4)50(68(14,15)16)36-40-54(58)72(26,27)28)63(61)57-43(3)49(67(11,12)13)35-39-53(57)71(23,24)25/h29-40H,1-28H3. The third-order valence-electron chi connectivity index (χ3n) is 16.3. The van der Waals surface area contributed by atoms with E-state index in [1.165, 1.54) is 132 Å². The maximum atomic E-state index is 2.53. The van der Waals surface area contributed by atoms with Gasteiger partial charge in [-0.3, -0.25) is 0 Å². The van der Waals surface area contributed by atoms with Crippen molar-refractivity contribution >= 4 is 0 Å². The van der Waals surface area contributed by atoms with Crippen LogP contribution < -0.4 is 0 Å². The summed E-state index contributed by atoms with van der Waals surface area (Å²) in [6.45, 7) is 68.1. The summed E-state index contributed by atoms with van der Waals surface area (Å²) < 4.78 is 0. The molecule has 0 amide bonds. The number of hydrogen-bond acceptors (Lipinski definition) is 0. The van der Waals surface area contributed by atoms with Gasteiger partial charge in [-0.05, 0) is 203 Å². The second-order valence-corrected chi connectivity index (χ2v) is 30.4. The lowest BCUT2D eigenvalue weighted by Crippen LogP contribution is -2.23. The quantitative estimate of drug-likeness (QED) is 0.165. The number of rotatable bonds is 4. The highest BCUT2D eigenvalue weighted by Crippen LogP contribution is 2.58. The van der Waals surface area contributed by atoms with Gasteiger partial charge >= 0.3 is 0 Å². The minimum atomic E-state index is -0.185. The van der Waals surface area contributed by atoms with Crippen molar-refractivity contribution in [3.8, 4) is 44.5 Å². The van der Waals surface area contributed by atoms with Crippen molar-refractivity contribution in [1.82, 2.24) is 0 Å². The highest BCUT2D eigenvalue weighted by Gasteiger charge is 2.39. The maximum absolute atomic E-state index is 2.53. The Morgan fingerprint density at radius 3 is 0.542 bits per heavy atom. The van der Waals surface area contributed by atoms with E-state index in [1.54, 1.807) is 0 Å². The second kappa shape index (κ2) is 17.5. The molecule has 7 rings (SSSR count). The van der Waals surface area contributed by atoms with Crippen molar-refractivity contribution in [1.29, 1.82) is 0 Å². The molecule has 6 aromatic carbocycles. The molecular formula is C72H96. The van der Waals surface area contributed by atoms with Crippen LogP contribution in [-0.2, 0) is 43.3 Å². The van der Waals surface area contributed by atoms with Crippen molar-refractivity contribution in [2.75, 3.05) is 0 Å². The van der Waals surface area contributed by atoms with Crippen LogP contribution in [0.4, 0.5) is 0 Å². The average Bonchev–Trinajstić information content (AvgIpc) is 3.18. The molecule has 0 heterocycles. The fourth-order valence-electron chi connectivity index (χ4n) is 13.0. The van der Waals surface area contributed by atoms with E-state index in [1.807, 2.05) is 0 Å². The number of hydrogen-bond donors (Lipinski definition) is 0. The fraction of sp³-hybridized carbons (Fsp3) is 0.500. The van der Waals surface area contributed by atoms with Gasteiger partial charge in [-0.15, -0.1) is 0 Å². The SMILES string of the molecule is Cc1c(C(C)(C)C)ccc(C(C)(C)C)c1-c1c(-c2c(C(C)(C)C)ccc(C(C)(C)C)c2C)c(-c2c(C(C)(C)C)ccc(C(C)(C)C)c2C)c2c(c1-c1c(C(C)(C)C)ccc(C(C)(C)C)c1C)=c1ccccc1=2. The van der Waals surface area contributed by atoms with Crippen molar-refractivity contribution < 1.29 is 0 Å². The van der Waals surface area contributed by atoms with E-state index in [4.69, 9.17) is 0 Å². The van der Waals surface area contributed by atoms with E-state index < -0.39 is 0 Å². The van der Waals surface area contributed by atoms with Gasteiger partial charge in [0.25, 0.3) is 0 Å². The van der Waals surface area contributed by atoms with Gasteiger partial charge in [0.1, 0.15) is 0 Å². The van der Waals surface area contributed by atoms with Crippen molar-refractivity contribution in [2.45, 2.75) is 237 Å². The van der Waals surface area contributed by atoms with Crippen LogP contribution in [-0.4, -0.2) is 0 Å². The van der Waals surface area contributed by atoms with E-state index in [2.05, 4.69) is 267 Å². The first kappa shape index (κ1) is 55.1. The first-order chi connectivity index (χ1) is 32.5. The Kier molecular flexibility index (Phi) is 13.4. The highest BCUT2D eigenvalue weighted by molar-refractivity contribution is 6.07. The Labute approximate surface area is 439 Å². The van der Waals surface area contributed by atoms with Crippen molar-refractivity contribution in [2.24, 2.45) is 0 Å². The second-order valence-electron chi connectivity index (χ2n) is 30.4. The normalized spacial score (nSPS) is 13.8. The van der Waals surface area contributed by atoms with Crippen LogP contribution in [0.2, 0.25) is 0 Å². The average molecular weight is 962 g/mol. The summed E-state index contributed by atoms with van der Waals surface area (Å²) in [6.07, 6.45) is 0. The number of benzene rings is 6. The third kappa shape index (κ3) is 9.32. The lowest BCUT2D eigenvalue weighted by Gasteiger charge is -2.38.